The van der Waals surface area contributed by atoms with Crippen LogP contribution >= 0.6 is 24.0 Å². The SMILES string of the molecule is COCCCNC(=NCc1ccc(F)c(C)c1)NCc1nnc(C)n1C.I. The van der Waals surface area contributed by atoms with E-state index in [4.69, 9.17) is 4.74 Å². The molecule has 2 aromatic rings. The van der Waals surface area contributed by atoms with Crippen LogP contribution in [0.5, 0.6) is 0 Å². The fourth-order valence-electron chi connectivity index (χ4n) is 2.34. The summed E-state index contributed by atoms with van der Waals surface area (Å²) in [6.07, 6.45) is 0.871. The molecule has 1 aromatic heterocycles. The number of aryl methyl sites for hydroxylation is 2. The number of nitrogens with zero attached hydrogens (tertiary/aromatic N) is 4. The van der Waals surface area contributed by atoms with E-state index in [-0.39, 0.29) is 29.8 Å². The van der Waals surface area contributed by atoms with Gasteiger partial charge >= 0.3 is 0 Å². The summed E-state index contributed by atoms with van der Waals surface area (Å²) in [5.74, 6) is 2.15. The third kappa shape index (κ3) is 7.41. The Bertz CT molecular complexity index is 749. The number of methoxy groups -OCH3 is 1. The van der Waals surface area contributed by atoms with Crippen LogP contribution in [-0.4, -0.2) is 41.0 Å². The van der Waals surface area contributed by atoms with Gasteiger partial charge in [-0.1, -0.05) is 12.1 Å². The van der Waals surface area contributed by atoms with Crippen LogP contribution in [0.25, 0.3) is 0 Å². The molecule has 0 radical (unpaired) electrons. The van der Waals surface area contributed by atoms with Gasteiger partial charge in [0.25, 0.3) is 0 Å². The van der Waals surface area contributed by atoms with Crippen molar-refractivity contribution in [3.63, 3.8) is 0 Å². The molecule has 1 aromatic carbocycles. The molecule has 9 heteroatoms. The Morgan fingerprint density at radius 1 is 1.26 bits per heavy atom. The maximum Gasteiger partial charge on any atom is 0.191 e. The van der Waals surface area contributed by atoms with Gasteiger partial charge in [-0.15, -0.1) is 34.2 Å². The molecule has 0 unspecified atom stereocenters. The molecule has 0 fully saturated rings. The van der Waals surface area contributed by atoms with E-state index in [1.807, 2.05) is 24.6 Å². The standard InChI is InChI=1S/C18H27FN6O.HI/c1-13-10-15(6-7-16(13)19)11-21-18(20-8-5-9-26-4)22-12-17-24-23-14(2)25(17)3;/h6-7,10H,5,8-9,11-12H2,1-4H3,(H2,20,21,22);1H. The molecule has 27 heavy (non-hydrogen) atoms. The quantitative estimate of drug-likeness (QED) is 0.258. The number of nitrogens with one attached hydrogen (secondary N) is 2. The summed E-state index contributed by atoms with van der Waals surface area (Å²) < 4.78 is 20.4. The highest BCUT2D eigenvalue weighted by Gasteiger charge is 2.06. The lowest BCUT2D eigenvalue weighted by atomic mass is 10.1. The summed E-state index contributed by atoms with van der Waals surface area (Å²) in [4.78, 5) is 4.59. The Labute approximate surface area is 176 Å². The van der Waals surface area contributed by atoms with E-state index in [2.05, 4.69) is 25.8 Å². The van der Waals surface area contributed by atoms with E-state index < -0.39 is 0 Å². The third-order valence-corrected chi connectivity index (χ3v) is 4.06. The maximum atomic E-state index is 13.4. The van der Waals surface area contributed by atoms with Gasteiger partial charge in [0, 0.05) is 27.3 Å². The zero-order valence-corrected chi connectivity index (χ0v) is 18.6. The van der Waals surface area contributed by atoms with Gasteiger partial charge in [-0.05, 0) is 37.5 Å². The van der Waals surface area contributed by atoms with Crippen LogP contribution in [0.4, 0.5) is 4.39 Å². The summed E-state index contributed by atoms with van der Waals surface area (Å²) in [7, 11) is 3.61. The van der Waals surface area contributed by atoms with Crippen LogP contribution < -0.4 is 10.6 Å². The van der Waals surface area contributed by atoms with Gasteiger partial charge in [-0.25, -0.2) is 9.38 Å². The highest BCUT2D eigenvalue weighted by atomic mass is 127. The van der Waals surface area contributed by atoms with Crippen molar-refractivity contribution in [1.29, 1.82) is 0 Å². The van der Waals surface area contributed by atoms with Gasteiger partial charge in [0.05, 0.1) is 13.1 Å². The van der Waals surface area contributed by atoms with Crippen molar-refractivity contribution in [3.8, 4) is 0 Å². The summed E-state index contributed by atoms with van der Waals surface area (Å²) >= 11 is 0. The van der Waals surface area contributed by atoms with Crippen LogP contribution in [0.1, 0.15) is 29.2 Å². The van der Waals surface area contributed by atoms with Crippen molar-refractivity contribution in [3.05, 3.63) is 46.8 Å². The Kier molecular flexibility index (Phi) is 10.2. The summed E-state index contributed by atoms with van der Waals surface area (Å²) in [6.45, 7) is 6.04. The first kappa shape index (κ1) is 23.3. The lowest BCUT2D eigenvalue weighted by molar-refractivity contribution is 0.195. The van der Waals surface area contributed by atoms with Crippen molar-refractivity contribution < 1.29 is 9.13 Å². The molecule has 2 N–H and O–H groups in total. The molecule has 0 atom stereocenters. The second-order valence-corrected chi connectivity index (χ2v) is 6.10. The predicted molar refractivity (Wildman–Crippen MR) is 115 cm³/mol. The first-order valence-electron chi connectivity index (χ1n) is 8.62. The molecule has 1 heterocycles. The van der Waals surface area contributed by atoms with E-state index in [0.29, 0.717) is 31.2 Å². The van der Waals surface area contributed by atoms with Crippen molar-refractivity contribution >= 4 is 29.9 Å². The largest absolute Gasteiger partial charge is 0.385 e. The van der Waals surface area contributed by atoms with Crippen LogP contribution in [0.15, 0.2) is 23.2 Å². The second kappa shape index (κ2) is 11.9. The lowest BCUT2D eigenvalue weighted by Crippen LogP contribution is -2.38. The number of rotatable bonds is 8. The fraction of sp³-hybridized carbons (Fsp3) is 0.500. The maximum absolute atomic E-state index is 13.4. The second-order valence-electron chi connectivity index (χ2n) is 6.10. The minimum Gasteiger partial charge on any atom is -0.385 e. The molecule has 0 spiro atoms. The van der Waals surface area contributed by atoms with Gasteiger partial charge in [0.2, 0.25) is 0 Å². The number of ether oxygens (including phenoxy) is 1. The van der Waals surface area contributed by atoms with Crippen molar-refractivity contribution in [2.75, 3.05) is 20.3 Å². The highest BCUT2D eigenvalue weighted by molar-refractivity contribution is 14.0. The minimum absolute atomic E-state index is 0. The Balaban J connectivity index is 0.00000364. The topological polar surface area (TPSA) is 76.4 Å². The average Bonchev–Trinajstić information content (AvgIpc) is 2.95. The summed E-state index contributed by atoms with van der Waals surface area (Å²) in [5, 5.41) is 14.7. The van der Waals surface area contributed by atoms with Gasteiger partial charge in [0.1, 0.15) is 11.6 Å². The van der Waals surface area contributed by atoms with Gasteiger partial charge in [-0.2, -0.15) is 0 Å². The monoisotopic (exact) mass is 490 g/mol. The lowest BCUT2D eigenvalue weighted by Gasteiger charge is -2.12. The van der Waals surface area contributed by atoms with Crippen LogP contribution in [0, 0.1) is 19.7 Å². The summed E-state index contributed by atoms with van der Waals surface area (Å²) in [6, 6.07) is 5.04. The Morgan fingerprint density at radius 2 is 2.04 bits per heavy atom. The molecule has 0 aliphatic carbocycles. The normalized spacial score (nSPS) is 11.2. The Hall–Kier alpha value is -1.75. The van der Waals surface area contributed by atoms with Gasteiger partial charge in [-0.3, -0.25) is 0 Å². The highest BCUT2D eigenvalue weighted by Crippen LogP contribution is 2.10. The van der Waals surface area contributed by atoms with Crippen molar-refractivity contribution in [2.45, 2.75) is 33.4 Å². The fourth-order valence-corrected chi connectivity index (χ4v) is 2.34. The van der Waals surface area contributed by atoms with Crippen LogP contribution in [-0.2, 0) is 24.9 Å². The van der Waals surface area contributed by atoms with E-state index in [1.165, 1.54) is 6.07 Å². The van der Waals surface area contributed by atoms with Gasteiger partial charge in [0.15, 0.2) is 11.8 Å². The smallest absolute Gasteiger partial charge is 0.191 e. The molecule has 0 saturated carbocycles. The molecule has 150 valence electrons. The van der Waals surface area contributed by atoms with Crippen molar-refractivity contribution in [1.82, 2.24) is 25.4 Å². The number of hydrogen-bond acceptors (Lipinski definition) is 4. The van der Waals surface area contributed by atoms with E-state index in [1.54, 1.807) is 20.1 Å². The zero-order valence-electron chi connectivity index (χ0n) is 16.3. The number of aromatic nitrogens is 3. The molecule has 0 saturated heterocycles. The van der Waals surface area contributed by atoms with E-state index >= 15 is 0 Å². The molecule has 7 nitrogen and oxygen atoms in total. The molecule has 0 amide bonds. The zero-order chi connectivity index (χ0) is 18.9. The molecule has 0 aliphatic heterocycles. The molecular weight excluding hydrogens is 462 g/mol. The predicted octanol–water partition coefficient (Wildman–Crippen LogP) is 2.46. The average molecular weight is 490 g/mol. The molecule has 0 aliphatic rings. The van der Waals surface area contributed by atoms with E-state index in [0.717, 1.165) is 30.2 Å². The van der Waals surface area contributed by atoms with Crippen LogP contribution in [0.3, 0.4) is 0 Å². The first-order valence-corrected chi connectivity index (χ1v) is 8.62. The van der Waals surface area contributed by atoms with Crippen LogP contribution in [0.2, 0.25) is 0 Å². The molecular formula is C18H28FIN6O. The molecule has 0 bridgehead atoms. The first-order chi connectivity index (χ1) is 12.5. The van der Waals surface area contributed by atoms with Gasteiger partial charge < -0.3 is 19.9 Å². The third-order valence-electron chi connectivity index (χ3n) is 4.06. The number of hydrogen-bond donors (Lipinski definition) is 2. The number of halogens is 2. The molecule has 2 rings (SSSR count). The Morgan fingerprint density at radius 3 is 2.67 bits per heavy atom. The number of benzene rings is 1. The number of aliphatic imine (C=N–C) groups is 1. The van der Waals surface area contributed by atoms with E-state index in [9.17, 15) is 4.39 Å². The minimum atomic E-state index is -0.202. The number of guanidine groups is 1. The van der Waals surface area contributed by atoms with Crippen molar-refractivity contribution in [2.24, 2.45) is 12.0 Å². The summed E-state index contributed by atoms with van der Waals surface area (Å²) in [5.41, 5.74) is 1.58.